The molecule has 1 N–H and O–H groups in total. The molecule has 2 aromatic rings. The average molecular weight is 467 g/mol. The van der Waals surface area contributed by atoms with Crippen LogP contribution in [0.1, 0.15) is 25.3 Å². The first-order chi connectivity index (χ1) is 15.1. The van der Waals surface area contributed by atoms with Gasteiger partial charge in [0.15, 0.2) is 6.10 Å². The van der Waals surface area contributed by atoms with Crippen molar-refractivity contribution < 1.29 is 31.5 Å². The quantitative estimate of drug-likeness (QED) is 0.660. The molecule has 1 heterocycles. The van der Waals surface area contributed by atoms with Gasteiger partial charge in [0.05, 0.1) is 10.8 Å². The maximum atomic E-state index is 13.6. The first-order valence-electron chi connectivity index (χ1n) is 10.1. The highest BCUT2D eigenvalue weighted by Crippen LogP contribution is 2.25. The first kappa shape index (κ1) is 23.8. The van der Waals surface area contributed by atoms with Crippen LogP contribution >= 0.6 is 0 Å². The number of nitrogens with one attached hydrogen (secondary N) is 1. The van der Waals surface area contributed by atoms with E-state index in [2.05, 4.69) is 5.32 Å². The zero-order valence-electron chi connectivity index (χ0n) is 17.7. The summed E-state index contributed by atoms with van der Waals surface area (Å²) >= 11 is 0. The lowest BCUT2D eigenvalue weighted by atomic mass is 9.98. The molecule has 0 radical (unpaired) electrons. The number of carbonyl (C=O) groups excluding carboxylic acids is 2. The Bertz CT molecular complexity index is 1100. The molecule has 32 heavy (non-hydrogen) atoms. The van der Waals surface area contributed by atoms with Gasteiger partial charge in [-0.25, -0.2) is 17.2 Å². The van der Waals surface area contributed by atoms with Gasteiger partial charge in [0.1, 0.15) is 11.6 Å². The van der Waals surface area contributed by atoms with E-state index in [1.54, 1.807) is 13.0 Å². The van der Waals surface area contributed by atoms with Crippen LogP contribution in [0, 0.1) is 24.5 Å². The number of esters is 1. The molecular formula is C22H24F2N2O5S. The predicted molar refractivity (Wildman–Crippen MR) is 113 cm³/mol. The molecule has 0 spiro atoms. The number of ether oxygens (including phenoxy) is 1. The van der Waals surface area contributed by atoms with Crippen LogP contribution in [0.4, 0.5) is 14.5 Å². The molecule has 1 aliphatic rings. The lowest BCUT2D eigenvalue weighted by molar-refractivity contribution is -0.158. The van der Waals surface area contributed by atoms with Crippen molar-refractivity contribution in [2.45, 2.75) is 37.7 Å². The van der Waals surface area contributed by atoms with Gasteiger partial charge in [-0.05, 0) is 68.7 Å². The molecule has 0 aromatic heterocycles. The Balaban J connectivity index is 1.53. The molecule has 1 unspecified atom stereocenters. The van der Waals surface area contributed by atoms with Gasteiger partial charge in [-0.15, -0.1) is 0 Å². The molecule has 10 heteroatoms. The number of carbonyl (C=O) groups is 2. The molecule has 1 amide bonds. The lowest BCUT2D eigenvalue weighted by Gasteiger charge is -2.30. The standard InChI is InChI=1S/C22H24F2N2O5S/c1-14-3-6-18(13-20(14)24)25-21(27)15(2)31-22(28)16-9-11-26(12-10-16)32(29,30)19-7-4-17(23)5-8-19/h3-8,13,15-16H,9-12H2,1-2H3,(H,25,27). The number of aryl methyl sites for hydroxylation is 1. The van der Waals surface area contributed by atoms with Crippen molar-refractivity contribution in [2.24, 2.45) is 5.92 Å². The smallest absolute Gasteiger partial charge is 0.309 e. The molecule has 1 fully saturated rings. The number of piperidine rings is 1. The Morgan fingerprint density at radius 3 is 2.31 bits per heavy atom. The summed E-state index contributed by atoms with van der Waals surface area (Å²) in [5.74, 6) is -2.74. The van der Waals surface area contributed by atoms with Gasteiger partial charge < -0.3 is 10.1 Å². The summed E-state index contributed by atoms with van der Waals surface area (Å²) in [6.07, 6.45) is -0.638. The second-order valence-electron chi connectivity index (χ2n) is 7.66. The zero-order chi connectivity index (χ0) is 23.5. The van der Waals surface area contributed by atoms with Crippen molar-refractivity contribution in [3.05, 3.63) is 59.7 Å². The van der Waals surface area contributed by atoms with Gasteiger partial charge in [0.2, 0.25) is 10.0 Å². The number of hydrogen-bond acceptors (Lipinski definition) is 5. The van der Waals surface area contributed by atoms with Crippen LogP contribution in [0.15, 0.2) is 47.4 Å². The lowest BCUT2D eigenvalue weighted by Crippen LogP contribution is -2.41. The summed E-state index contributed by atoms with van der Waals surface area (Å²) < 4.78 is 58.5. The molecular weight excluding hydrogens is 442 g/mol. The normalized spacial score (nSPS) is 16.4. The summed E-state index contributed by atoms with van der Waals surface area (Å²) in [6, 6.07) is 8.80. The SMILES string of the molecule is Cc1ccc(NC(=O)C(C)OC(=O)C2CCN(S(=O)(=O)c3ccc(F)cc3)CC2)cc1F. The van der Waals surface area contributed by atoms with Crippen molar-refractivity contribution >= 4 is 27.6 Å². The van der Waals surface area contributed by atoms with Crippen molar-refractivity contribution in [1.29, 1.82) is 0 Å². The highest BCUT2D eigenvalue weighted by Gasteiger charge is 2.34. The minimum absolute atomic E-state index is 0.0160. The Morgan fingerprint density at radius 1 is 1.09 bits per heavy atom. The monoisotopic (exact) mass is 466 g/mol. The van der Waals surface area contributed by atoms with E-state index < -0.39 is 45.6 Å². The van der Waals surface area contributed by atoms with Gasteiger partial charge in [0, 0.05) is 18.8 Å². The van der Waals surface area contributed by atoms with Crippen molar-refractivity contribution in [3.8, 4) is 0 Å². The van der Waals surface area contributed by atoms with E-state index in [0.717, 1.165) is 12.1 Å². The van der Waals surface area contributed by atoms with Gasteiger partial charge in [-0.3, -0.25) is 9.59 Å². The minimum Gasteiger partial charge on any atom is -0.452 e. The Labute approximate surface area is 185 Å². The molecule has 172 valence electrons. The van der Waals surface area contributed by atoms with Crippen molar-refractivity contribution in [1.82, 2.24) is 4.31 Å². The molecule has 0 saturated carbocycles. The van der Waals surface area contributed by atoms with Gasteiger partial charge in [-0.2, -0.15) is 4.31 Å². The van der Waals surface area contributed by atoms with Crippen molar-refractivity contribution in [2.75, 3.05) is 18.4 Å². The molecule has 1 saturated heterocycles. The fourth-order valence-corrected chi connectivity index (χ4v) is 4.80. The van der Waals surface area contributed by atoms with E-state index in [1.807, 2.05) is 0 Å². The number of amides is 1. The molecule has 1 aliphatic heterocycles. The average Bonchev–Trinajstić information content (AvgIpc) is 2.76. The second kappa shape index (κ2) is 9.74. The molecule has 0 bridgehead atoms. The molecule has 3 rings (SSSR count). The Hall–Kier alpha value is -2.85. The van der Waals surface area contributed by atoms with Crippen LogP contribution in [0.25, 0.3) is 0 Å². The highest BCUT2D eigenvalue weighted by molar-refractivity contribution is 7.89. The maximum Gasteiger partial charge on any atom is 0.309 e. The van der Waals surface area contributed by atoms with Gasteiger partial charge >= 0.3 is 5.97 Å². The molecule has 0 aliphatic carbocycles. The number of halogens is 2. The largest absolute Gasteiger partial charge is 0.452 e. The van der Waals surface area contributed by atoms with Crippen LogP contribution in [-0.2, 0) is 24.3 Å². The number of benzene rings is 2. The predicted octanol–water partition coefficient (Wildman–Crippen LogP) is 3.24. The summed E-state index contributed by atoms with van der Waals surface area (Å²) in [4.78, 5) is 24.7. The van der Waals surface area contributed by atoms with E-state index in [-0.39, 0.29) is 36.5 Å². The molecule has 1 atom stereocenters. The van der Waals surface area contributed by atoms with E-state index in [1.165, 1.54) is 35.5 Å². The minimum atomic E-state index is -3.79. The van der Waals surface area contributed by atoms with E-state index in [4.69, 9.17) is 4.74 Å². The topological polar surface area (TPSA) is 92.8 Å². The number of anilines is 1. The summed E-state index contributed by atoms with van der Waals surface area (Å²) in [6.45, 7) is 3.21. The number of sulfonamides is 1. The summed E-state index contributed by atoms with van der Waals surface area (Å²) in [7, 11) is -3.79. The summed E-state index contributed by atoms with van der Waals surface area (Å²) in [5, 5.41) is 2.50. The van der Waals surface area contributed by atoms with Crippen LogP contribution in [0.5, 0.6) is 0 Å². The van der Waals surface area contributed by atoms with Crippen LogP contribution in [-0.4, -0.2) is 43.8 Å². The second-order valence-corrected chi connectivity index (χ2v) is 9.60. The number of nitrogens with zero attached hydrogens (tertiary/aromatic N) is 1. The third-order valence-corrected chi connectivity index (χ3v) is 7.25. The highest BCUT2D eigenvalue weighted by atomic mass is 32.2. The third-order valence-electron chi connectivity index (χ3n) is 5.34. The molecule has 7 nitrogen and oxygen atoms in total. The van der Waals surface area contributed by atoms with E-state index >= 15 is 0 Å². The van der Waals surface area contributed by atoms with Crippen LogP contribution in [0.2, 0.25) is 0 Å². The summed E-state index contributed by atoms with van der Waals surface area (Å²) in [5.41, 5.74) is 0.690. The number of hydrogen-bond donors (Lipinski definition) is 1. The fraction of sp³-hybridized carbons (Fsp3) is 0.364. The van der Waals surface area contributed by atoms with Gasteiger partial charge in [-0.1, -0.05) is 6.07 Å². The Kier molecular flexibility index (Phi) is 7.25. The first-order valence-corrected chi connectivity index (χ1v) is 11.5. The number of rotatable bonds is 6. The maximum absolute atomic E-state index is 13.6. The van der Waals surface area contributed by atoms with Crippen LogP contribution in [0.3, 0.4) is 0 Å². The third kappa shape index (κ3) is 5.49. The molecule has 2 aromatic carbocycles. The van der Waals surface area contributed by atoms with E-state index in [0.29, 0.717) is 5.56 Å². The van der Waals surface area contributed by atoms with Crippen molar-refractivity contribution in [3.63, 3.8) is 0 Å². The fourth-order valence-electron chi connectivity index (χ4n) is 3.33. The van der Waals surface area contributed by atoms with Crippen LogP contribution < -0.4 is 5.32 Å². The zero-order valence-corrected chi connectivity index (χ0v) is 18.5. The van der Waals surface area contributed by atoms with Gasteiger partial charge in [0.25, 0.3) is 5.91 Å². The Morgan fingerprint density at radius 2 is 1.72 bits per heavy atom. The van der Waals surface area contributed by atoms with E-state index in [9.17, 15) is 26.8 Å².